The molecule has 0 saturated carbocycles. The topological polar surface area (TPSA) is 96.4 Å². The first kappa shape index (κ1) is 14.3. The largest absolute Gasteiger partial charge is 0.478 e. The van der Waals surface area contributed by atoms with E-state index in [1.807, 2.05) is 0 Å². The molecule has 2 aromatic rings. The van der Waals surface area contributed by atoms with Crippen LogP contribution in [0.25, 0.3) is 0 Å². The Labute approximate surface area is 120 Å². The van der Waals surface area contributed by atoms with E-state index in [4.69, 9.17) is 16.7 Å². The number of carboxylic acid groups (broad SMARTS) is 1. The van der Waals surface area contributed by atoms with Crippen molar-refractivity contribution in [2.24, 2.45) is 0 Å². The first-order chi connectivity index (χ1) is 9.42. The van der Waals surface area contributed by atoms with E-state index in [9.17, 15) is 13.2 Å². The zero-order chi connectivity index (χ0) is 14.8. The molecule has 0 unspecified atom stereocenters. The van der Waals surface area contributed by atoms with Gasteiger partial charge in [0.25, 0.3) is 10.0 Å². The molecule has 0 aliphatic heterocycles. The van der Waals surface area contributed by atoms with Gasteiger partial charge in [0.15, 0.2) is 0 Å². The predicted octanol–water partition coefficient (Wildman–Crippen LogP) is 2.23. The second-order valence-electron chi connectivity index (χ2n) is 3.76. The summed E-state index contributed by atoms with van der Waals surface area (Å²) in [5.41, 5.74) is -0.198. The fourth-order valence-corrected chi connectivity index (χ4v) is 3.03. The molecule has 0 saturated heterocycles. The maximum absolute atomic E-state index is 12.2. The van der Waals surface area contributed by atoms with Crippen molar-refractivity contribution in [3.05, 3.63) is 53.3 Å². The van der Waals surface area contributed by atoms with E-state index in [-0.39, 0.29) is 21.2 Å². The summed E-state index contributed by atoms with van der Waals surface area (Å²) >= 11 is 5.80. The second-order valence-corrected chi connectivity index (χ2v) is 5.82. The summed E-state index contributed by atoms with van der Waals surface area (Å²) in [7, 11) is -4.01. The monoisotopic (exact) mass is 312 g/mol. The summed E-state index contributed by atoms with van der Waals surface area (Å²) in [5.74, 6) is -1.24. The van der Waals surface area contributed by atoms with E-state index in [0.717, 1.165) is 6.20 Å². The molecule has 2 N–H and O–H groups in total. The number of nitrogens with zero attached hydrogens (tertiary/aromatic N) is 1. The van der Waals surface area contributed by atoms with Crippen LogP contribution in [0.1, 0.15) is 10.4 Å². The van der Waals surface area contributed by atoms with E-state index < -0.39 is 16.0 Å². The Hall–Kier alpha value is -2.12. The maximum Gasteiger partial charge on any atom is 0.337 e. The standard InChI is InChI=1S/C12H9ClN2O4S/c13-9-5-6-14-7-11(9)20(18,19)15-10-4-2-1-3-8(10)12(16)17/h1-7,15H,(H,16,17). The van der Waals surface area contributed by atoms with Gasteiger partial charge in [0.2, 0.25) is 0 Å². The molecule has 0 amide bonds. The second kappa shape index (κ2) is 5.48. The molecule has 0 fully saturated rings. The van der Waals surface area contributed by atoms with Crippen LogP contribution >= 0.6 is 11.6 Å². The minimum Gasteiger partial charge on any atom is -0.478 e. The van der Waals surface area contributed by atoms with Crippen LogP contribution in [0.4, 0.5) is 5.69 Å². The van der Waals surface area contributed by atoms with Crippen molar-refractivity contribution in [1.82, 2.24) is 4.98 Å². The molecule has 8 heteroatoms. The lowest BCUT2D eigenvalue weighted by Crippen LogP contribution is -2.16. The zero-order valence-electron chi connectivity index (χ0n) is 9.95. The normalized spacial score (nSPS) is 11.1. The number of halogens is 1. The number of sulfonamides is 1. The van der Waals surface area contributed by atoms with Crippen molar-refractivity contribution in [2.45, 2.75) is 4.90 Å². The highest BCUT2D eigenvalue weighted by atomic mass is 35.5. The van der Waals surface area contributed by atoms with Crippen LogP contribution in [0.3, 0.4) is 0 Å². The van der Waals surface area contributed by atoms with Crippen LogP contribution in [0, 0.1) is 0 Å². The van der Waals surface area contributed by atoms with Gasteiger partial charge in [0.05, 0.1) is 16.3 Å². The summed E-state index contributed by atoms with van der Waals surface area (Å²) in [5, 5.41) is 9.01. The number of aromatic nitrogens is 1. The van der Waals surface area contributed by atoms with Gasteiger partial charge in [-0.2, -0.15) is 0 Å². The van der Waals surface area contributed by atoms with E-state index in [0.29, 0.717) is 0 Å². The van der Waals surface area contributed by atoms with Gasteiger partial charge in [0.1, 0.15) is 4.90 Å². The first-order valence-corrected chi connectivity index (χ1v) is 7.22. The van der Waals surface area contributed by atoms with Crippen molar-refractivity contribution < 1.29 is 18.3 Å². The Bertz CT molecular complexity index is 762. The molecule has 0 spiro atoms. The number of nitrogens with one attached hydrogen (secondary N) is 1. The molecule has 1 aromatic carbocycles. The average Bonchev–Trinajstić information content (AvgIpc) is 2.39. The SMILES string of the molecule is O=C(O)c1ccccc1NS(=O)(=O)c1cnccc1Cl. The summed E-state index contributed by atoms with van der Waals surface area (Å²) < 4.78 is 26.5. The van der Waals surface area contributed by atoms with Crippen molar-refractivity contribution in [3.8, 4) is 0 Å². The number of aromatic carboxylic acids is 1. The Balaban J connectivity index is 2.45. The lowest BCUT2D eigenvalue weighted by molar-refractivity contribution is 0.0698. The summed E-state index contributed by atoms with van der Waals surface area (Å²) in [6.07, 6.45) is 2.45. The molecular formula is C12H9ClN2O4S. The molecular weight excluding hydrogens is 304 g/mol. The third-order valence-corrected chi connectivity index (χ3v) is 4.26. The van der Waals surface area contributed by atoms with Crippen molar-refractivity contribution in [1.29, 1.82) is 0 Å². The minimum atomic E-state index is -4.01. The minimum absolute atomic E-state index is 0.000283. The third kappa shape index (κ3) is 2.89. The smallest absolute Gasteiger partial charge is 0.337 e. The summed E-state index contributed by atoms with van der Waals surface area (Å²) in [6.45, 7) is 0. The van der Waals surface area contributed by atoms with Gasteiger partial charge in [-0.05, 0) is 18.2 Å². The molecule has 1 aromatic heterocycles. The number of rotatable bonds is 4. The van der Waals surface area contributed by atoms with Crippen molar-refractivity contribution in [3.63, 3.8) is 0 Å². The van der Waals surface area contributed by atoms with Gasteiger partial charge in [0, 0.05) is 12.4 Å². The van der Waals surface area contributed by atoms with Crippen LogP contribution in [-0.4, -0.2) is 24.5 Å². The highest BCUT2D eigenvalue weighted by Gasteiger charge is 2.20. The third-order valence-electron chi connectivity index (χ3n) is 2.43. The summed E-state index contributed by atoms with van der Waals surface area (Å²) in [4.78, 5) is 14.5. The number of pyridine rings is 1. The molecule has 6 nitrogen and oxygen atoms in total. The fraction of sp³-hybridized carbons (Fsp3) is 0. The van der Waals surface area contributed by atoms with Gasteiger partial charge in [-0.15, -0.1) is 0 Å². The van der Waals surface area contributed by atoms with Gasteiger partial charge in [-0.3, -0.25) is 9.71 Å². The lowest BCUT2D eigenvalue weighted by atomic mass is 10.2. The van der Waals surface area contributed by atoms with Crippen LogP contribution in [0.2, 0.25) is 5.02 Å². The first-order valence-electron chi connectivity index (χ1n) is 5.36. The van der Waals surface area contributed by atoms with Gasteiger partial charge >= 0.3 is 5.97 Å². The van der Waals surface area contributed by atoms with Crippen molar-refractivity contribution in [2.75, 3.05) is 4.72 Å². The molecule has 0 aliphatic carbocycles. The van der Waals surface area contributed by atoms with Crippen LogP contribution < -0.4 is 4.72 Å². The predicted molar refractivity (Wildman–Crippen MR) is 73.5 cm³/mol. The molecule has 0 aliphatic rings. The Morgan fingerprint density at radius 2 is 1.95 bits per heavy atom. The Morgan fingerprint density at radius 3 is 2.60 bits per heavy atom. The number of para-hydroxylation sites is 1. The van der Waals surface area contributed by atoms with E-state index >= 15 is 0 Å². The van der Waals surface area contributed by atoms with Crippen LogP contribution in [0.5, 0.6) is 0 Å². The highest BCUT2D eigenvalue weighted by molar-refractivity contribution is 7.92. The van der Waals surface area contributed by atoms with Crippen LogP contribution in [-0.2, 0) is 10.0 Å². The lowest BCUT2D eigenvalue weighted by Gasteiger charge is -2.10. The molecule has 20 heavy (non-hydrogen) atoms. The molecule has 2 rings (SSSR count). The average molecular weight is 313 g/mol. The molecule has 1 heterocycles. The maximum atomic E-state index is 12.2. The van der Waals surface area contributed by atoms with Gasteiger partial charge in [-0.1, -0.05) is 23.7 Å². The molecule has 0 atom stereocenters. The number of hydrogen-bond acceptors (Lipinski definition) is 4. The zero-order valence-corrected chi connectivity index (χ0v) is 11.5. The van der Waals surface area contributed by atoms with E-state index in [2.05, 4.69) is 9.71 Å². The number of carboxylic acids is 1. The number of anilines is 1. The summed E-state index contributed by atoms with van der Waals surface area (Å²) in [6, 6.07) is 7.00. The number of carbonyl (C=O) groups is 1. The Morgan fingerprint density at radius 1 is 1.25 bits per heavy atom. The Kier molecular flexibility index (Phi) is 3.91. The fourth-order valence-electron chi connectivity index (χ4n) is 1.52. The van der Waals surface area contributed by atoms with Crippen molar-refractivity contribution >= 4 is 33.3 Å². The number of hydrogen-bond donors (Lipinski definition) is 2. The quantitative estimate of drug-likeness (QED) is 0.902. The van der Waals surface area contributed by atoms with Gasteiger partial charge < -0.3 is 5.11 Å². The van der Waals surface area contributed by atoms with E-state index in [1.165, 1.54) is 36.5 Å². The molecule has 0 bridgehead atoms. The van der Waals surface area contributed by atoms with E-state index in [1.54, 1.807) is 0 Å². The van der Waals surface area contributed by atoms with Crippen LogP contribution in [0.15, 0.2) is 47.6 Å². The highest BCUT2D eigenvalue weighted by Crippen LogP contribution is 2.24. The molecule has 104 valence electrons. The molecule has 0 radical (unpaired) electrons. The number of benzene rings is 1. The van der Waals surface area contributed by atoms with Gasteiger partial charge in [-0.25, -0.2) is 13.2 Å².